The molecule has 0 saturated heterocycles. The summed E-state index contributed by atoms with van der Waals surface area (Å²) in [5.41, 5.74) is 9.91. The van der Waals surface area contributed by atoms with E-state index in [1.54, 1.807) is 6.20 Å². The molecule has 0 fully saturated rings. The molecule has 104 valence electrons. The molecular formula is C16H18ClN3. The molecule has 3 atom stereocenters. The van der Waals surface area contributed by atoms with Crippen LogP contribution in [-0.4, -0.2) is 11.0 Å². The van der Waals surface area contributed by atoms with Gasteiger partial charge in [0, 0.05) is 24.3 Å². The molecule has 1 aromatic heterocycles. The van der Waals surface area contributed by atoms with Gasteiger partial charge in [0.1, 0.15) is 0 Å². The van der Waals surface area contributed by atoms with Gasteiger partial charge in [-0.05, 0) is 36.6 Å². The minimum atomic E-state index is 0.0425. The normalized spacial score (nSPS) is 22.6. The van der Waals surface area contributed by atoms with Crippen molar-refractivity contribution in [3.63, 3.8) is 0 Å². The maximum Gasteiger partial charge on any atom is 0.0589 e. The lowest BCUT2D eigenvalue weighted by molar-refractivity contribution is 0.413. The van der Waals surface area contributed by atoms with Gasteiger partial charge in [-0.25, -0.2) is 0 Å². The fraction of sp³-hybridized carbons (Fsp3) is 0.312. The molecule has 3 nitrogen and oxygen atoms in total. The number of benzene rings is 1. The number of hydrogen-bond acceptors (Lipinski definition) is 3. The van der Waals surface area contributed by atoms with Crippen LogP contribution in [0.2, 0.25) is 5.02 Å². The summed E-state index contributed by atoms with van der Waals surface area (Å²) < 4.78 is 0. The third kappa shape index (κ3) is 2.57. The Hall–Kier alpha value is -1.42. The fourth-order valence-corrected chi connectivity index (χ4v) is 2.95. The first-order valence-corrected chi connectivity index (χ1v) is 7.24. The second-order valence-corrected chi connectivity index (χ2v) is 5.76. The van der Waals surface area contributed by atoms with Crippen molar-refractivity contribution < 1.29 is 0 Å². The summed E-state index contributed by atoms with van der Waals surface area (Å²) in [6.45, 7) is 2.10. The van der Waals surface area contributed by atoms with Gasteiger partial charge in [0.05, 0.1) is 10.7 Å². The lowest BCUT2D eigenvalue weighted by Gasteiger charge is -2.22. The molecular weight excluding hydrogens is 270 g/mol. The maximum absolute atomic E-state index is 6.34. The summed E-state index contributed by atoms with van der Waals surface area (Å²) in [5.74, 6) is 0. The number of nitrogens with zero attached hydrogens (tertiary/aromatic N) is 1. The topological polar surface area (TPSA) is 50.9 Å². The average Bonchev–Trinajstić information content (AvgIpc) is 2.77. The van der Waals surface area contributed by atoms with Crippen LogP contribution in [0.4, 0.5) is 0 Å². The predicted octanol–water partition coefficient (Wildman–Crippen LogP) is 3.01. The Labute approximate surface area is 124 Å². The van der Waals surface area contributed by atoms with Crippen LogP contribution in [-0.2, 0) is 6.42 Å². The van der Waals surface area contributed by atoms with E-state index < -0.39 is 0 Å². The SMILES string of the molecule is CC(N[C@@H]1Cc2ccccc2[C@H]1N)c1ccc(Cl)cn1. The number of nitrogens with one attached hydrogen (secondary N) is 1. The Balaban J connectivity index is 1.72. The van der Waals surface area contributed by atoms with Crippen molar-refractivity contribution in [2.45, 2.75) is 31.5 Å². The number of nitrogens with two attached hydrogens (primary N) is 1. The molecule has 4 heteroatoms. The van der Waals surface area contributed by atoms with Crippen LogP contribution >= 0.6 is 11.6 Å². The van der Waals surface area contributed by atoms with Gasteiger partial charge in [0.15, 0.2) is 0 Å². The van der Waals surface area contributed by atoms with Gasteiger partial charge in [0.25, 0.3) is 0 Å². The van der Waals surface area contributed by atoms with Crippen LogP contribution in [0.25, 0.3) is 0 Å². The number of halogens is 1. The van der Waals surface area contributed by atoms with E-state index in [1.807, 2.05) is 18.2 Å². The molecule has 1 unspecified atom stereocenters. The number of fused-ring (bicyclic) bond motifs is 1. The Morgan fingerprint density at radius 2 is 2.10 bits per heavy atom. The molecule has 2 aromatic rings. The Morgan fingerprint density at radius 1 is 1.30 bits per heavy atom. The van der Waals surface area contributed by atoms with E-state index in [1.165, 1.54) is 11.1 Å². The highest BCUT2D eigenvalue weighted by molar-refractivity contribution is 6.30. The van der Waals surface area contributed by atoms with Crippen LogP contribution < -0.4 is 11.1 Å². The summed E-state index contributed by atoms with van der Waals surface area (Å²) in [6.07, 6.45) is 2.65. The van der Waals surface area contributed by atoms with E-state index in [-0.39, 0.29) is 18.1 Å². The molecule has 0 aliphatic heterocycles. The second-order valence-electron chi connectivity index (χ2n) is 5.32. The Bertz CT molecular complexity index is 597. The first-order chi connectivity index (χ1) is 9.65. The molecule has 3 rings (SSSR count). The lowest BCUT2D eigenvalue weighted by Crippen LogP contribution is -2.38. The Morgan fingerprint density at radius 3 is 2.80 bits per heavy atom. The zero-order valence-electron chi connectivity index (χ0n) is 11.4. The monoisotopic (exact) mass is 287 g/mol. The van der Waals surface area contributed by atoms with Gasteiger partial charge >= 0.3 is 0 Å². The number of hydrogen-bond donors (Lipinski definition) is 2. The molecule has 1 aliphatic carbocycles. The minimum Gasteiger partial charge on any atom is -0.323 e. The molecule has 0 spiro atoms. The van der Waals surface area contributed by atoms with Crippen molar-refractivity contribution in [2.24, 2.45) is 5.73 Å². The molecule has 1 heterocycles. The highest BCUT2D eigenvalue weighted by Crippen LogP contribution is 2.30. The van der Waals surface area contributed by atoms with Crippen LogP contribution in [0.3, 0.4) is 0 Å². The molecule has 0 bridgehead atoms. The highest BCUT2D eigenvalue weighted by atomic mass is 35.5. The number of aromatic nitrogens is 1. The van der Waals surface area contributed by atoms with Gasteiger partial charge in [-0.1, -0.05) is 35.9 Å². The largest absolute Gasteiger partial charge is 0.323 e. The molecule has 0 radical (unpaired) electrons. The van der Waals surface area contributed by atoms with Crippen molar-refractivity contribution in [2.75, 3.05) is 0 Å². The molecule has 0 amide bonds. The summed E-state index contributed by atoms with van der Waals surface area (Å²) >= 11 is 5.87. The number of pyridine rings is 1. The van der Waals surface area contributed by atoms with Crippen LogP contribution in [0.1, 0.15) is 35.8 Å². The van der Waals surface area contributed by atoms with Crippen molar-refractivity contribution in [3.05, 3.63) is 64.4 Å². The molecule has 1 aliphatic rings. The van der Waals surface area contributed by atoms with E-state index in [9.17, 15) is 0 Å². The van der Waals surface area contributed by atoms with Crippen molar-refractivity contribution in [1.29, 1.82) is 0 Å². The highest BCUT2D eigenvalue weighted by Gasteiger charge is 2.30. The number of rotatable bonds is 3. The smallest absolute Gasteiger partial charge is 0.0589 e. The average molecular weight is 288 g/mol. The van der Waals surface area contributed by atoms with E-state index in [4.69, 9.17) is 17.3 Å². The van der Waals surface area contributed by atoms with Crippen LogP contribution in [0.5, 0.6) is 0 Å². The van der Waals surface area contributed by atoms with Gasteiger partial charge in [-0.3, -0.25) is 4.98 Å². The summed E-state index contributed by atoms with van der Waals surface area (Å²) in [7, 11) is 0. The van der Waals surface area contributed by atoms with E-state index in [0.717, 1.165) is 12.1 Å². The summed E-state index contributed by atoms with van der Waals surface area (Å²) in [4.78, 5) is 4.36. The second kappa shape index (κ2) is 5.52. The van der Waals surface area contributed by atoms with Gasteiger partial charge in [-0.2, -0.15) is 0 Å². The van der Waals surface area contributed by atoms with E-state index >= 15 is 0 Å². The fourth-order valence-electron chi connectivity index (χ4n) is 2.84. The molecule has 1 aromatic carbocycles. The minimum absolute atomic E-state index is 0.0425. The first kappa shape index (κ1) is 13.6. The van der Waals surface area contributed by atoms with E-state index in [0.29, 0.717) is 5.02 Å². The van der Waals surface area contributed by atoms with Crippen LogP contribution in [0, 0.1) is 0 Å². The van der Waals surface area contributed by atoms with Gasteiger partial charge < -0.3 is 11.1 Å². The van der Waals surface area contributed by atoms with Crippen molar-refractivity contribution in [3.8, 4) is 0 Å². The summed E-state index contributed by atoms with van der Waals surface area (Å²) in [5, 5.41) is 4.24. The van der Waals surface area contributed by atoms with Crippen molar-refractivity contribution >= 4 is 11.6 Å². The lowest BCUT2D eigenvalue weighted by atomic mass is 10.1. The first-order valence-electron chi connectivity index (χ1n) is 6.86. The summed E-state index contributed by atoms with van der Waals surface area (Å²) in [6, 6.07) is 12.6. The van der Waals surface area contributed by atoms with Crippen LogP contribution in [0.15, 0.2) is 42.6 Å². The molecule has 20 heavy (non-hydrogen) atoms. The third-order valence-corrected chi connectivity index (χ3v) is 4.17. The van der Waals surface area contributed by atoms with Crippen molar-refractivity contribution in [1.82, 2.24) is 10.3 Å². The zero-order valence-corrected chi connectivity index (χ0v) is 12.1. The van der Waals surface area contributed by atoms with E-state index in [2.05, 4.69) is 35.4 Å². The maximum atomic E-state index is 6.34. The predicted molar refractivity (Wildman–Crippen MR) is 81.7 cm³/mol. The zero-order chi connectivity index (χ0) is 14.1. The van der Waals surface area contributed by atoms with Gasteiger partial charge in [0.2, 0.25) is 0 Å². The quantitative estimate of drug-likeness (QED) is 0.912. The third-order valence-electron chi connectivity index (χ3n) is 3.95. The van der Waals surface area contributed by atoms with Gasteiger partial charge in [-0.15, -0.1) is 0 Å². The molecule has 0 saturated carbocycles. The molecule has 3 N–H and O–H groups in total. The Kier molecular flexibility index (Phi) is 3.74. The standard InChI is InChI=1S/C16H18ClN3/c1-10(14-7-6-12(17)9-19-14)20-15-8-11-4-2-3-5-13(11)16(15)18/h2-7,9-10,15-16,20H,8,18H2,1H3/t10?,15-,16-/m1/s1.